The van der Waals surface area contributed by atoms with Gasteiger partial charge in [-0.05, 0) is 27.2 Å². The number of likely N-dealkylation sites (N-methyl/N-ethyl adjacent to an activating group) is 2. The lowest BCUT2D eigenvalue weighted by molar-refractivity contribution is 0.267. The SMILES string of the molecule is CN(C)CCN(C)Cc1cccc2c1OCCN2. The molecule has 4 nitrogen and oxygen atoms in total. The number of para-hydroxylation sites is 1. The van der Waals surface area contributed by atoms with Crippen molar-refractivity contribution in [3.8, 4) is 5.75 Å². The monoisotopic (exact) mass is 249 g/mol. The van der Waals surface area contributed by atoms with E-state index in [2.05, 4.69) is 54.5 Å². The van der Waals surface area contributed by atoms with E-state index in [0.29, 0.717) is 0 Å². The molecule has 0 amide bonds. The second-order valence-electron chi connectivity index (χ2n) is 5.11. The van der Waals surface area contributed by atoms with E-state index in [-0.39, 0.29) is 0 Å². The van der Waals surface area contributed by atoms with Gasteiger partial charge < -0.3 is 19.9 Å². The van der Waals surface area contributed by atoms with E-state index >= 15 is 0 Å². The van der Waals surface area contributed by atoms with Crippen LogP contribution in [-0.4, -0.2) is 57.2 Å². The summed E-state index contributed by atoms with van der Waals surface area (Å²) in [5.41, 5.74) is 2.39. The molecular weight excluding hydrogens is 226 g/mol. The number of rotatable bonds is 5. The van der Waals surface area contributed by atoms with Gasteiger partial charge in [-0.15, -0.1) is 0 Å². The van der Waals surface area contributed by atoms with Gasteiger partial charge in [0.15, 0.2) is 0 Å². The fourth-order valence-electron chi connectivity index (χ4n) is 2.10. The highest BCUT2D eigenvalue weighted by molar-refractivity contribution is 5.61. The number of fused-ring (bicyclic) bond motifs is 1. The first kappa shape index (κ1) is 13.2. The molecule has 4 heteroatoms. The van der Waals surface area contributed by atoms with Crippen molar-refractivity contribution < 1.29 is 4.74 Å². The van der Waals surface area contributed by atoms with Crippen LogP contribution in [0.25, 0.3) is 0 Å². The van der Waals surface area contributed by atoms with E-state index < -0.39 is 0 Å². The number of nitrogens with zero attached hydrogens (tertiary/aromatic N) is 2. The predicted molar refractivity (Wildman–Crippen MR) is 75.3 cm³/mol. The Morgan fingerprint density at radius 2 is 2.06 bits per heavy atom. The first-order valence-corrected chi connectivity index (χ1v) is 6.48. The van der Waals surface area contributed by atoms with E-state index in [0.717, 1.165) is 44.2 Å². The molecule has 2 rings (SSSR count). The average Bonchev–Trinajstić information content (AvgIpc) is 2.37. The summed E-state index contributed by atoms with van der Waals surface area (Å²) in [5, 5.41) is 3.37. The minimum Gasteiger partial charge on any atom is -0.489 e. The molecule has 0 spiro atoms. The van der Waals surface area contributed by atoms with Crippen LogP contribution in [0.15, 0.2) is 18.2 Å². The third-order valence-corrected chi connectivity index (χ3v) is 3.13. The maximum absolute atomic E-state index is 5.78. The van der Waals surface area contributed by atoms with Crippen LogP contribution < -0.4 is 10.1 Å². The highest BCUT2D eigenvalue weighted by Gasteiger charge is 2.14. The van der Waals surface area contributed by atoms with Crippen molar-refractivity contribution in [3.05, 3.63) is 23.8 Å². The van der Waals surface area contributed by atoms with Crippen LogP contribution in [0.5, 0.6) is 5.75 Å². The van der Waals surface area contributed by atoms with E-state index in [4.69, 9.17) is 4.74 Å². The van der Waals surface area contributed by atoms with Crippen molar-refractivity contribution >= 4 is 5.69 Å². The summed E-state index contributed by atoms with van der Waals surface area (Å²) in [7, 11) is 6.36. The quantitative estimate of drug-likeness (QED) is 0.855. The summed E-state index contributed by atoms with van der Waals surface area (Å²) < 4.78 is 5.78. The minimum atomic E-state index is 0.755. The first-order valence-electron chi connectivity index (χ1n) is 6.48. The van der Waals surface area contributed by atoms with Crippen LogP contribution in [-0.2, 0) is 6.54 Å². The molecule has 100 valence electrons. The molecule has 0 aliphatic carbocycles. The van der Waals surface area contributed by atoms with Gasteiger partial charge in [0.05, 0.1) is 5.69 Å². The summed E-state index contributed by atoms with van der Waals surface area (Å²) in [5.74, 6) is 1.03. The van der Waals surface area contributed by atoms with Crippen molar-refractivity contribution in [1.82, 2.24) is 9.80 Å². The molecule has 1 aromatic carbocycles. The second kappa shape index (κ2) is 6.07. The fourth-order valence-corrected chi connectivity index (χ4v) is 2.10. The molecule has 1 aromatic rings. The molecule has 1 aliphatic heterocycles. The average molecular weight is 249 g/mol. The van der Waals surface area contributed by atoms with Crippen LogP contribution in [0.4, 0.5) is 5.69 Å². The molecule has 0 radical (unpaired) electrons. The van der Waals surface area contributed by atoms with Gasteiger partial charge in [-0.25, -0.2) is 0 Å². The Labute approximate surface area is 110 Å². The number of hydrogen-bond donors (Lipinski definition) is 1. The Bertz CT molecular complexity index is 393. The van der Waals surface area contributed by atoms with Crippen molar-refractivity contribution in [1.29, 1.82) is 0 Å². The van der Waals surface area contributed by atoms with Gasteiger partial charge in [0.1, 0.15) is 12.4 Å². The molecule has 0 unspecified atom stereocenters. The molecule has 0 saturated carbocycles. The van der Waals surface area contributed by atoms with E-state index in [1.165, 1.54) is 5.56 Å². The van der Waals surface area contributed by atoms with Crippen LogP contribution in [0, 0.1) is 0 Å². The third-order valence-electron chi connectivity index (χ3n) is 3.13. The first-order chi connectivity index (χ1) is 8.66. The van der Waals surface area contributed by atoms with Crippen LogP contribution in [0.2, 0.25) is 0 Å². The smallest absolute Gasteiger partial charge is 0.146 e. The predicted octanol–water partition coefficient (Wildman–Crippen LogP) is 1.48. The van der Waals surface area contributed by atoms with Gasteiger partial charge in [-0.1, -0.05) is 12.1 Å². The zero-order valence-corrected chi connectivity index (χ0v) is 11.6. The highest BCUT2D eigenvalue weighted by atomic mass is 16.5. The van der Waals surface area contributed by atoms with Gasteiger partial charge in [-0.2, -0.15) is 0 Å². The van der Waals surface area contributed by atoms with Crippen molar-refractivity contribution in [2.45, 2.75) is 6.54 Å². The van der Waals surface area contributed by atoms with Gasteiger partial charge >= 0.3 is 0 Å². The molecule has 0 fully saturated rings. The van der Waals surface area contributed by atoms with Gasteiger partial charge in [0, 0.05) is 31.7 Å². The van der Waals surface area contributed by atoms with Crippen molar-refractivity contribution in [2.75, 3.05) is 52.7 Å². The normalized spacial score (nSPS) is 14.3. The minimum absolute atomic E-state index is 0.755. The zero-order chi connectivity index (χ0) is 13.0. The van der Waals surface area contributed by atoms with E-state index in [1.807, 2.05) is 0 Å². The molecule has 1 aliphatic rings. The highest BCUT2D eigenvalue weighted by Crippen LogP contribution is 2.31. The second-order valence-corrected chi connectivity index (χ2v) is 5.11. The number of benzene rings is 1. The maximum atomic E-state index is 5.78. The molecule has 1 N–H and O–H groups in total. The lowest BCUT2D eigenvalue weighted by atomic mass is 10.1. The van der Waals surface area contributed by atoms with E-state index in [9.17, 15) is 0 Å². The standard InChI is InChI=1S/C14H23N3O/c1-16(2)8-9-17(3)11-12-5-4-6-13-14(12)18-10-7-15-13/h4-6,15H,7-11H2,1-3H3. The zero-order valence-electron chi connectivity index (χ0n) is 11.6. The van der Waals surface area contributed by atoms with Crippen LogP contribution in [0.3, 0.4) is 0 Å². The molecule has 1 heterocycles. The van der Waals surface area contributed by atoms with Gasteiger partial charge in [-0.3, -0.25) is 0 Å². The van der Waals surface area contributed by atoms with Crippen LogP contribution >= 0.6 is 0 Å². The van der Waals surface area contributed by atoms with Crippen LogP contribution in [0.1, 0.15) is 5.56 Å². The molecule has 0 bridgehead atoms. The molecule has 18 heavy (non-hydrogen) atoms. The third kappa shape index (κ3) is 3.37. The summed E-state index contributed by atoms with van der Waals surface area (Å²) in [6.07, 6.45) is 0. The number of anilines is 1. The molecule has 0 atom stereocenters. The summed E-state index contributed by atoms with van der Waals surface area (Å²) in [6, 6.07) is 6.32. The number of ether oxygens (including phenoxy) is 1. The Morgan fingerprint density at radius 1 is 1.22 bits per heavy atom. The van der Waals surface area contributed by atoms with Crippen molar-refractivity contribution in [3.63, 3.8) is 0 Å². The topological polar surface area (TPSA) is 27.7 Å². The number of hydrogen-bond acceptors (Lipinski definition) is 4. The Morgan fingerprint density at radius 3 is 2.83 bits per heavy atom. The lowest BCUT2D eigenvalue weighted by Gasteiger charge is -2.25. The van der Waals surface area contributed by atoms with E-state index in [1.54, 1.807) is 0 Å². The summed E-state index contributed by atoms with van der Waals surface area (Å²) in [4.78, 5) is 4.53. The van der Waals surface area contributed by atoms with Crippen molar-refractivity contribution in [2.24, 2.45) is 0 Å². The van der Waals surface area contributed by atoms with Gasteiger partial charge in [0.25, 0.3) is 0 Å². The summed E-state index contributed by atoms with van der Waals surface area (Å²) >= 11 is 0. The van der Waals surface area contributed by atoms with Gasteiger partial charge in [0.2, 0.25) is 0 Å². The molecule has 0 saturated heterocycles. The maximum Gasteiger partial charge on any atom is 0.146 e. The summed E-state index contributed by atoms with van der Waals surface area (Å²) in [6.45, 7) is 4.71. The largest absolute Gasteiger partial charge is 0.489 e. The molecule has 0 aromatic heterocycles. The lowest BCUT2D eigenvalue weighted by Crippen LogP contribution is -2.29. The Balaban J connectivity index is 2.00. The fraction of sp³-hybridized carbons (Fsp3) is 0.571. The number of nitrogens with one attached hydrogen (secondary N) is 1. The Kier molecular flexibility index (Phi) is 4.44. The Hall–Kier alpha value is -1.26. The molecular formula is C14H23N3O.